The summed E-state index contributed by atoms with van der Waals surface area (Å²) in [6, 6.07) is 36.5. The van der Waals surface area contributed by atoms with Gasteiger partial charge in [0.15, 0.2) is 0 Å². The first-order valence-corrected chi connectivity index (χ1v) is 21.4. The van der Waals surface area contributed by atoms with Gasteiger partial charge in [-0.25, -0.2) is 0 Å². The molecule has 4 aromatic carbocycles. The molecule has 0 heterocycles. The zero-order valence-electron chi connectivity index (χ0n) is 39.2. The predicted molar refractivity (Wildman–Crippen MR) is 248 cm³/mol. The predicted octanol–water partition coefficient (Wildman–Crippen LogP) is 13.5. The van der Waals surface area contributed by atoms with Gasteiger partial charge in [0.2, 0.25) is 0 Å². The van der Waals surface area contributed by atoms with Gasteiger partial charge in [-0.15, -0.1) is 0 Å². The van der Waals surface area contributed by atoms with Crippen LogP contribution in [0.15, 0.2) is 97.1 Å². The fraction of sp³-hybridized carbons (Fsp3) is 0.528. The maximum Gasteiger partial charge on any atom is 0.0713 e. The van der Waals surface area contributed by atoms with Crippen molar-refractivity contribution < 1.29 is 40.8 Å². The molecule has 2 N–H and O–H groups in total. The zero-order chi connectivity index (χ0) is 43.5. The summed E-state index contributed by atoms with van der Waals surface area (Å²) in [6.45, 7) is 33.5. The molecule has 3 unspecified atom stereocenters. The smallest absolute Gasteiger partial charge is 0.0713 e. The molecule has 0 aromatic heterocycles. The summed E-state index contributed by atoms with van der Waals surface area (Å²) >= 11 is 0. The van der Waals surface area contributed by atoms with Crippen LogP contribution < -0.4 is 0 Å². The van der Waals surface area contributed by atoms with E-state index in [1.165, 1.54) is 57.3 Å². The van der Waals surface area contributed by atoms with E-state index in [-0.39, 0.29) is 49.5 Å². The summed E-state index contributed by atoms with van der Waals surface area (Å²) in [5.74, 6) is 0.819. The Kier molecular flexibility index (Phi) is 25.4. The van der Waals surface area contributed by atoms with Gasteiger partial charge in [0.1, 0.15) is 0 Å². The van der Waals surface area contributed by atoms with E-state index in [0.29, 0.717) is 6.10 Å². The monoisotopic (exact) mass is 966 g/mol. The first-order valence-electron chi connectivity index (χ1n) is 21.4. The number of benzene rings is 4. The topological polar surface area (TPSA) is 58.9 Å². The summed E-state index contributed by atoms with van der Waals surface area (Å²) in [6.07, 6.45) is 5.93. The number of aliphatic hydroxyl groups excluding tert-OH is 2. The summed E-state index contributed by atoms with van der Waals surface area (Å²) in [5.41, 5.74) is 10.7. The normalized spacial score (nSPS) is 14.3. The van der Waals surface area contributed by atoms with Crippen LogP contribution in [0.3, 0.4) is 0 Å². The van der Waals surface area contributed by atoms with Gasteiger partial charge in [-0.2, -0.15) is 6.42 Å². The number of hydrogen-bond donors (Lipinski definition) is 2. The standard InChI is InChI=1S/C33H34.C10H22O.C7H15O.C2H6O.CH4O.W/c1-31(2,3)25-17-19-27-28-20-18-26(32(4,5)6)22-30(28)33(29(27)21-25,23-13-9-7-10-14-23)24-15-11-8-12-16-24;1-5-9(3)7-8-11-10(4)6-2;1-5-7(3,6-2)8-4;1-2-3;1-2;/h7-22H,1-6H3;9-10H,5-8H2,1-4H3;1,5-6H2,2-4H3;3H,2H2,1H3;2H,1H3;/q;;-1;;;. The van der Waals surface area contributed by atoms with Crippen LogP contribution in [0.25, 0.3) is 11.1 Å². The van der Waals surface area contributed by atoms with E-state index in [2.05, 4.69) is 187 Å². The van der Waals surface area contributed by atoms with Gasteiger partial charge in [-0.3, -0.25) is 0 Å². The minimum absolute atomic E-state index is 0. The molecule has 0 saturated carbocycles. The molecule has 1 aliphatic rings. The van der Waals surface area contributed by atoms with Crippen LogP contribution in [0.2, 0.25) is 0 Å². The molecule has 5 heteroatoms. The van der Waals surface area contributed by atoms with Crippen molar-refractivity contribution in [2.45, 2.75) is 150 Å². The minimum atomic E-state index is -0.338. The Balaban J connectivity index is 0.00000108. The average molecular weight is 966 g/mol. The SMILES string of the molecule is CC(C)(C)c1ccc2c(c1)C(c1ccccc1)(c1ccccc1)c1cc(C(C)(C)C)ccc1-2.CCC(C)CCOC(C)CC.CCO.CO.[CH2-]CC(C)(CC)OC.[W]. The number of fused-ring (bicyclic) bond motifs is 3. The molecule has 0 amide bonds. The van der Waals surface area contributed by atoms with E-state index in [9.17, 15) is 0 Å². The molecule has 5 rings (SSSR count). The molecule has 0 radical (unpaired) electrons. The molecular formula is C53H81O4W-. The summed E-state index contributed by atoms with van der Waals surface area (Å²) < 4.78 is 10.7. The van der Waals surface area contributed by atoms with E-state index in [1.807, 2.05) is 0 Å². The summed E-state index contributed by atoms with van der Waals surface area (Å²) in [7, 11) is 2.73. The Morgan fingerprint density at radius 1 is 0.655 bits per heavy atom. The molecule has 0 saturated heterocycles. The van der Waals surface area contributed by atoms with Gasteiger partial charge in [0.05, 0.1) is 11.5 Å². The average Bonchev–Trinajstić information content (AvgIpc) is 3.52. The molecule has 1 aliphatic carbocycles. The fourth-order valence-electron chi connectivity index (χ4n) is 6.64. The van der Waals surface area contributed by atoms with Crippen molar-refractivity contribution in [2.75, 3.05) is 27.4 Å². The van der Waals surface area contributed by atoms with Crippen molar-refractivity contribution in [3.8, 4) is 11.1 Å². The van der Waals surface area contributed by atoms with Gasteiger partial charge < -0.3 is 26.6 Å². The van der Waals surface area contributed by atoms with E-state index in [4.69, 9.17) is 19.7 Å². The molecule has 3 atom stereocenters. The zero-order valence-corrected chi connectivity index (χ0v) is 42.1. The summed E-state index contributed by atoms with van der Waals surface area (Å²) in [5, 5.41) is 14.6. The maximum atomic E-state index is 7.57. The molecular weight excluding hydrogens is 884 g/mol. The van der Waals surface area contributed by atoms with Crippen molar-refractivity contribution in [1.29, 1.82) is 0 Å². The molecule has 4 aromatic rings. The molecule has 0 bridgehead atoms. The van der Waals surface area contributed by atoms with Crippen LogP contribution >= 0.6 is 0 Å². The van der Waals surface area contributed by atoms with Crippen molar-refractivity contribution in [1.82, 2.24) is 0 Å². The Morgan fingerprint density at radius 2 is 1.05 bits per heavy atom. The van der Waals surface area contributed by atoms with Gasteiger partial charge in [-0.05, 0) is 101 Å². The van der Waals surface area contributed by atoms with Gasteiger partial charge in [0.25, 0.3) is 0 Å². The second-order valence-electron chi connectivity index (χ2n) is 17.5. The van der Waals surface area contributed by atoms with Crippen LogP contribution in [-0.2, 0) is 46.8 Å². The van der Waals surface area contributed by atoms with Crippen molar-refractivity contribution in [3.63, 3.8) is 0 Å². The van der Waals surface area contributed by atoms with E-state index in [0.717, 1.165) is 38.9 Å². The van der Waals surface area contributed by atoms with E-state index >= 15 is 0 Å². The molecule has 324 valence electrons. The van der Waals surface area contributed by atoms with Crippen LogP contribution in [0, 0.1) is 12.8 Å². The molecule has 58 heavy (non-hydrogen) atoms. The quantitative estimate of drug-likeness (QED) is 0.130. The van der Waals surface area contributed by atoms with Gasteiger partial charge in [-0.1, -0.05) is 173 Å². The number of rotatable bonds is 11. The Morgan fingerprint density at radius 3 is 1.33 bits per heavy atom. The van der Waals surface area contributed by atoms with E-state index in [1.54, 1.807) is 14.0 Å². The minimum Gasteiger partial charge on any atom is -0.400 e. The second kappa shape index (κ2) is 26.6. The second-order valence-corrected chi connectivity index (χ2v) is 17.5. The number of aliphatic hydroxyl groups is 2. The van der Waals surface area contributed by atoms with E-state index < -0.39 is 0 Å². The largest absolute Gasteiger partial charge is 0.400 e. The number of ether oxygens (including phenoxy) is 2. The molecule has 4 nitrogen and oxygen atoms in total. The third-order valence-electron chi connectivity index (χ3n) is 11.3. The van der Waals surface area contributed by atoms with Gasteiger partial charge in [0, 0.05) is 54.1 Å². The first kappa shape index (κ1) is 55.4. The fourth-order valence-corrected chi connectivity index (χ4v) is 6.64. The van der Waals surface area contributed by atoms with Crippen molar-refractivity contribution >= 4 is 0 Å². The van der Waals surface area contributed by atoms with Crippen molar-refractivity contribution in [2.24, 2.45) is 5.92 Å². The molecule has 0 fully saturated rings. The van der Waals surface area contributed by atoms with Crippen LogP contribution in [0.4, 0.5) is 0 Å². The maximum absolute atomic E-state index is 7.57. The first-order chi connectivity index (χ1) is 26.9. The Hall–Kier alpha value is -2.59. The number of hydrogen-bond acceptors (Lipinski definition) is 4. The number of methoxy groups -OCH3 is 1. The Labute approximate surface area is 370 Å². The summed E-state index contributed by atoms with van der Waals surface area (Å²) in [4.78, 5) is 0. The van der Waals surface area contributed by atoms with Gasteiger partial charge >= 0.3 is 0 Å². The van der Waals surface area contributed by atoms with Crippen LogP contribution in [-0.4, -0.2) is 49.4 Å². The van der Waals surface area contributed by atoms with Crippen molar-refractivity contribution in [3.05, 3.63) is 137 Å². The third-order valence-corrected chi connectivity index (χ3v) is 11.3. The van der Waals surface area contributed by atoms with Crippen LogP contribution in [0.5, 0.6) is 0 Å². The Bertz CT molecular complexity index is 1540. The molecule has 0 spiro atoms. The van der Waals surface area contributed by atoms with Crippen LogP contribution in [0.1, 0.15) is 155 Å². The molecule has 0 aliphatic heterocycles. The third kappa shape index (κ3) is 15.1.